The van der Waals surface area contributed by atoms with Gasteiger partial charge in [0.1, 0.15) is 6.54 Å². The minimum Gasteiger partial charge on any atom is -0.338 e. The minimum atomic E-state index is -0.283. The second kappa shape index (κ2) is 5.63. The molecule has 2 atom stereocenters. The van der Waals surface area contributed by atoms with Crippen molar-refractivity contribution in [2.45, 2.75) is 32.1 Å². The number of fused-ring (bicyclic) bond motifs is 1. The van der Waals surface area contributed by atoms with Gasteiger partial charge in [0.25, 0.3) is 5.56 Å². The highest BCUT2D eigenvalue weighted by molar-refractivity contribution is 5.80. The molecule has 2 aromatic rings. The fourth-order valence-corrected chi connectivity index (χ4v) is 2.47. The van der Waals surface area contributed by atoms with E-state index >= 15 is 0 Å². The Labute approximate surface area is 121 Å². The summed E-state index contributed by atoms with van der Waals surface area (Å²) in [7, 11) is 0. The highest BCUT2D eigenvalue weighted by Crippen LogP contribution is 2.08. The fraction of sp³-hybridized carbons (Fsp3) is 0.357. The van der Waals surface area contributed by atoms with Gasteiger partial charge >= 0.3 is 0 Å². The number of aromatic nitrogens is 2. The second-order valence-corrected chi connectivity index (χ2v) is 5.22. The lowest BCUT2D eigenvalue weighted by Crippen LogP contribution is -2.46. The summed E-state index contributed by atoms with van der Waals surface area (Å²) in [6.45, 7) is 2.01. The van der Waals surface area contributed by atoms with Crippen LogP contribution < -0.4 is 21.7 Å². The molecule has 2 heterocycles. The Kier molecular flexibility index (Phi) is 3.68. The molecule has 21 heavy (non-hydrogen) atoms. The van der Waals surface area contributed by atoms with Crippen molar-refractivity contribution < 1.29 is 4.79 Å². The van der Waals surface area contributed by atoms with Crippen LogP contribution in [-0.2, 0) is 11.3 Å². The molecule has 0 spiro atoms. The fourth-order valence-electron chi connectivity index (χ4n) is 2.47. The molecular weight excluding hydrogens is 270 g/mol. The molecule has 1 aromatic heterocycles. The number of carbonyl (C=O) groups is 1. The molecule has 0 aliphatic carbocycles. The highest BCUT2D eigenvalue weighted by atomic mass is 16.2. The van der Waals surface area contributed by atoms with Gasteiger partial charge < -0.3 is 5.32 Å². The third-order valence-corrected chi connectivity index (χ3v) is 3.48. The van der Waals surface area contributed by atoms with Gasteiger partial charge in [0.15, 0.2) is 0 Å². The predicted molar refractivity (Wildman–Crippen MR) is 78.3 cm³/mol. The molecule has 1 amide bonds. The van der Waals surface area contributed by atoms with Crippen LogP contribution in [0.2, 0.25) is 0 Å². The molecule has 1 fully saturated rings. The molecule has 0 radical (unpaired) electrons. The number of carbonyl (C=O) groups excluding carboxylic acids is 1. The van der Waals surface area contributed by atoms with E-state index in [4.69, 9.17) is 0 Å². The number of amides is 1. The highest BCUT2D eigenvalue weighted by Gasteiger charge is 2.21. The third kappa shape index (κ3) is 2.93. The first-order valence-electron chi connectivity index (χ1n) is 6.88. The Bertz CT molecular complexity index is 727. The monoisotopic (exact) mass is 287 g/mol. The first-order chi connectivity index (χ1) is 10.1. The SMILES string of the molecule is CC1CC(NC(=O)Cn2c(=O)cnc3ccccc32)NN1. The summed E-state index contributed by atoms with van der Waals surface area (Å²) in [5.41, 5.74) is 7.10. The Morgan fingerprint density at radius 2 is 2.24 bits per heavy atom. The lowest BCUT2D eigenvalue weighted by molar-refractivity contribution is -0.122. The van der Waals surface area contributed by atoms with Crippen molar-refractivity contribution in [1.29, 1.82) is 0 Å². The molecule has 2 unspecified atom stereocenters. The topological polar surface area (TPSA) is 88.0 Å². The Morgan fingerprint density at radius 1 is 1.43 bits per heavy atom. The van der Waals surface area contributed by atoms with E-state index in [1.54, 1.807) is 6.07 Å². The average Bonchev–Trinajstić information content (AvgIpc) is 2.87. The molecule has 7 nitrogen and oxygen atoms in total. The van der Waals surface area contributed by atoms with E-state index in [2.05, 4.69) is 21.2 Å². The summed E-state index contributed by atoms with van der Waals surface area (Å²) in [6, 6.07) is 7.57. The van der Waals surface area contributed by atoms with Crippen molar-refractivity contribution in [3.8, 4) is 0 Å². The molecule has 110 valence electrons. The first kappa shape index (κ1) is 13.7. The number of rotatable bonds is 3. The summed E-state index contributed by atoms with van der Waals surface area (Å²) in [5.74, 6) is -0.207. The van der Waals surface area contributed by atoms with E-state index in [1.165, 1.54) is 10.8 Å². The summed E-state index contributed by atoms with van der Waals surface area (Å²) in [6.07, 6.45) is 1.93. The number of hydrogen-bond donors (Lipinski definition) is 3. The molecule has 1 aromatic carbocycles. The number of hydrogen-bond acceptors (Lipinski definition) is 5. The van der Waals surface area contributed by atoms with Crippen LogP contribution in [0.1, 0.15) is 13.3 Å². The number of nitrogens with zero attached hydrogens (tertiary/aromatic N) is 2. The van der Waals surface area contributed by atoms with Crippen LogP contribution >= 0.6 is 0 Å². The largest absolute Gasteiger partial charge is 0.338 e. The van der Waals surface area contributed by atoms with Crippen molar-refractivity contribution in [1.82, 2.24) is 25.7 Å². The maximum Gasteiger partial charge on any atom is 0.269 e. The van der Waals surface area contributed by atoms with E-state index in [1.807, 2.05) is 25.1 Å². The zero-order valence-corrected chi connectivity index (χ0v) is 11.7. The van der Waals surface area contributed by atoms with Gasteiger partial charge in [-0.2, -0.15) is 0 Å². The quantitative estimate of drug-likeness (QED) is 0.723. The second-order valence-electron chi connectivity index (χ2n) is 5.22. The van der Waals surface area contributed by atoms with Gasteiger partial charge in [-0.3, -0.25) is 19.6 Å². The predicted octanol–water partition coefficient (Wildman–Crippen LogP) is -0.275. The summed E-state index contributed by atoms with van der Waals surface area (Å²) in [5, 5.41) is 2.86. The Morgan fingerprint density at radius 3 is 3.00 bits per heavy atom. The van der Waals surface area contributed by atoms with Gasteiger partial charge in [-0.25, -0.2) is 10.4 Å². The molecule has 7 heteroatoms. The van der Waals surface area contributed by atoms with Crippen LogP contribution in [0.3, 0.4) is 0 Å². The van der Waals surface area contributed by atoms with Gasteiger partial charge in [-0.1, -0.05) is 12.1 Å². The zero-order chi connectivity index (χ0) is 14.8. The van der Waals surface area contributed by atoms with E-state index in [9.17, 15) is 9.59 Å². The zero-order valence-electron chi connectivity index (χ0n) is 11.7. The van der Waals surface area contributed by atoms with E-state index in [0.29, 0.717) is 17.1 Å². The average molecular weight is 287 g/mol. The van der Waals surface area contributed by atoms with Gasteiger partial charge in [0, 0.05) is 6.04 Å². The van der Waals surface area contributed by atoms with Gasteiger partial charge in [0.2, 0.25) is 5.91 Å². The Hall–Kier alpha value is -2.25. The molecule has 3 N–H and O–H groups in total. The van der Waals surface area contributed by atoms with Crippen molar-refractivity contribution in [3.05, 3.63) is 40.8 Å². The van der Waals surface area contributed by atoms with Crippen LogP contribution in [-0.4, -0.2) is 27.7 Å². The smallest absolute Gasteiger partial charge is 0.269 e. The molecule has 1 saturated heterocycles. The standard InChI is InChI=1S/C14H17N5O2/c1-9-6-12(18-17-9)16-13(20)8-19-11-5-3-2-4-10(11)15-7-14(19)21/h2-5,7,9,12,17-18H,6,8H2,1H3,(H,16,20). The molecule has 0 bridgehead atoms. The van der Waals surface area contributed by atoms with Crippen LogP contribution in [0.5, 0.6) is 0 Å². The van der Waals surface area contributed by atoms with E-state index in [0.717, 1.165) is 6.42 Å². The summed E-state index contributed by atoms with van der Waals surface area (Å²) in [4.78, 5) is 28.1. The summed E-state index contributed by atoms with van der Waals surface area (Å²) >= 11 is 0. The molecular formula is C14H17N5O2. The number of benzene rings is 1. The number of para-hydroxylation sites is 2. The van der Waals surface area contributed by atoms with Crippen molar-refractivity contribution in [3.63, 3.8) is 0 Å². The third-order valence-electron chi connectivity index (χ3n) is 3.48. The first-order valence-corrected chi connectivity index (χ1v) is 6.88. The van der Waals surface area contributed by atoms with Gasteiger partial charge in [-0.05, 0) is 25.5 Å². The van der Waals surface area contributed by atoms with E-state index in [-0.39, 0.29) is 24.2 Å². The lowest BCUT2D eigenvalue weighted by atomic mass is 10.2. The number of hydrazine groups is 1. The maximum absolute atomic E-state index is 12.1. The summed E-state index contributed by atoms with van der Waals surface area (Å²) < 4.78 is 1.43. The van der Waals surface area contributed by atoms with E-state index < -0.39 is 0 Å². The van der Waals surface area contributed by atoms with Crippen molar-refractivity contribution >= 4 is 16.9 Å². The van der Waals surface area contributed by atoms with Crippen LogP contribution in [0.15, 0.2) is 35.3 Å². The molecule has 1 aliphatic heterocycles. The van der Waals surface area contributed by atoms with Crippen molar-refractivity contribution in [2.24, 2.45) is 0 Å². The van der Waals surface area contributed by atoms with Gasteiger partial charge in [-0.15, -0.1) is 0 Å². The molecule has 3 rings (SSSR count). The van der Waals surface area contributed by atoms with Crippen molar-refractivity contribution in [2.75, 3.05) is 0 Å². The van der Waals surface area contributed by atoms with Crippen LogP contribution in [0.25, 0.3) is 11.0 Å². The van der Waals surface area contributed by atoms with Crippen LogP contribution in [0, 0.1) is 0 Å². The Balaban J connectivity index is 1.79. The molecule has 0 saturated carbocycles. The molecule has 1 aliphatic rings. The van der Waals surface area contributed by atoms with Crippen LogP contribution in [0.4, 0.5) is 0 Å². The lowest BCUT2D eigenvalue weighted by Gasteiger charge is -2.14. The normalized spacial score (nSPS) is 21.6. The maximum atomic E-state index is 12.1. The van der Waals surface area contributed by atoms with Gasteiger partial charge in [0.05, 0.1) is 23.4 Å². The number of nitrogens with one attached hydrogen (secondary N) is 3. The minimum absolute atomic E-state index is 0.0194.